The molecule has 0 saturated carbocycles. The first kappa shape index (κ1) is 16.8. The molecule has 2 rings (SSSR count). The average Bonchev–Trinajstić information content (AvgIpc) is 2.50. The number of halogens is 3. The fourth-order valence-corrected chi connectivity index (χ4v) is 2.16. The van der Waals surface area contributed by atoms with Crippen LogP contribution in [0.25, 0.3) is 6.08 Å². The number of primary amides is 1. The summed E-state index contributed by atoms with van der Waals surface area (Å²) in [7, 11) is 0. The van der Waals surface area contributed by atoms with Crippen LogP contribution in [0.5, 0.6) is 0 Å². The van der Waals surface area contributed by atoms with Gasteiger partial charge in [0.05, 0.1) is 5.56 Å². The van der Waals surface area contributed by atoms with E-state index < -0.39 is 23.4 Å². The molecule has 0 aliphatic rings. The highest BCUT2D eigenvalue weighted by molar-refractivity contribution is 9.10. The molecule has 0 unspecified atom stereocenters. The topological polar surface area (TPSA) is 72.2 Å². The van der Waals surface area contributed by atoms with Gasteiger partial charge in [-0.1, -0.05) is 15.9 Å². The van der Waals surface area contributed by atoms with Crippen molar-refractivity contribution in [3.8, 4) is 0 Å². The zero-order chi connectivity index (χ0) is 17.0. The summed E-state index contributed by atoms with van der Waals surface area (Å²) in [6, 6.07) is 7.75. The van der Waals surface area contributed by atoms with Crippen LogP contribution in [0, 0.1) is 11.6 Å². The van der Waals surface area contributed by atoms with Crippen molar-refractivity contribution >= 4 is 39.5 Å². The van der Waals surface area contributed by atoms with E-state index >= 15 is 0 Å². The van der Waals surface area contributed by atoms with Crippen LogP contribution in [0.3, 0.4) is 0 Å². The van der Waals surface area contributed by atoms with Crippen LogP contribution >= 0.6 is 15.9 Å². The highest BCUT2D eigenvalue weighted by Crippen LogP contribution is 2.17. The minimum atomic E-state index is -0.939. The van der Waals surface area contributed by atoms with Crippen molar-refractivity contribution in [2.24, 2.45) is 5.73 Å². The van der Waals surface area contributed by atoms with E-state index in [1.54, 1.807) is 0 Å². The summed E-state index contributed by atoms with van der Waals surface area (Å²) in [5.41, 5.74) is 5.13. The molecule has 0 heterocycles. The molecule has 0 aliphatic heterocycles. The number of carbonyl (C=O) groups is 2. The van der Waals surface area contributed by atoms with E-state index in [4.69, 9.17) is 5.73 Å². The van der Waals surface area contributed by atoms with Gasteiger partial charge in [-0.05, 0) is 42.5 Å². The molecule has 4 nitrogen and oxygen atoms in total. The number of hydrogen-bond acceptors (Lipinski definition) is 2. The summed E-state index contributed by atoms with van der Waals surface area (Å²) in [6.07, 6.45) is 2.42. The van der Waals surface area contributed by atoms with Gasteiger partial charge in [0.1, 0.15) is 11.6 Å². The second kappa shape index (κ2) is 7.15. The maximum absolute atomic E-state index is 13.5. The first-order chi connectivity index (χ1) is 10.9. The fourth-order valence-electron chi connectivity index (χ4n) is 1.78. The molecular weight excluding hydrogens is 370 g/mol. The highest BCUT2D eigenvalue weighted by Gasteiger charge is 2.10. The molecule has 0 fully saturated rings. The van der Waals surface area contributed by atoms with Gasteiger partial charge in [-0.25, -0.2) is 8.78 Å². The molecule has 118 valence electrons. The van der Waals surface area contributed by atoms with Crippen LogP contribution in [0.4, 0.5) is 14.5 Å². The van der Waals surface area contributed by atoms with E-state index in [1.165, 1.54) is 30.3 Å². The van der Waals surface area contributed by atoms with E-state index in [1.807, 2.05) is 0 Å². The average molecular weight is 381 g/mol. The van der Waals surface area contributed by atoms with Crippen molar-refractivity contribution < 1.29 is 18.4 Å². The number of nitrogens with one attached hydrogen (secondary N) is 1. The maximum atomic E-state index is 13.5. The fraction of sp³-hybridized carbons (Fsp3) is 0. The third kappa shape index (κ3) is 4.46. The summed E-state index contributed by atoms with van der Waals surface area (Å²) in [4.78, 5) is 22.9. The third-order valence-electron chi connectivity index (χ3n) is 2.87. The van der Waals surface area contributed by atoms with E-state index in [0.717, 1.165) is 18.2 Å². The highest BCUT2D eigenvalue weighted by atomic mass is 79.9. The summed E-state index contributed by atoms with van der Waals surface area (Å²) in [5.74, 6) is -2.76. The van der Waals surface area contributed by atoms with Crippen LogP contribution < -0.4 is 11.1 Å². The third-order valence-corrected chi connectivity index (χ3v) is 3.36. The van der Waals surface area contributed by atoms with Crippen molar-refractivity contribution in [1.29, 1.82) is 0 Å². The molecule has 2 aromatic rings. The van der Waals surface area contributed by atoms with Gasteiger partial charge in [0.15, 0.2) is 0 Å². The second-order valence-electron chi connectivity index (χ2n) is 4.55. The van der Waals surface area contributed by atoms with Gasteiger partial charge in [-0.3, -0.25) is 9.59 Å². The van der Waals surface area contributed by atoms with Gasteiger partial charge >= 0.3 is 0 Å². The molecular formula is C16H11BrF2N2O2. The molecule has 0 aromatic heterocycles. The lowest BCUT2D eigenvalue weighted by Gasteiger charge is -2.05. The Morgan fingerprint density at radius 1 is 1.09 bits per heavy atom. The molecule has 0 atom stereocenters. The van der Waals surface area contributed by atoms with E-state index in [2.05, 4.69) is 21.2 Å². The Hall–Kier alpha value is -2.54. The van der Waals surface area contributed by atoms with Crippen molar-refractivity contribution in [2.45, 2.75) is 0 Å². The Labute approximate surface area is 139 Å². The predicted octanol–water partition coefficient (Wildman–Crippen LogP) is 3.48. The smallest absolute Gasteiger partial charge is 0.251 e. The molecule has 0 radical (unpaired) electrons. The minimum Gasteiger partial charge on any atom is -0.366 e. The zero-order valence-corrected chi connectivity index (χ0v) is 13.2. The van der Waals surface area contributed by atoms with E-state index in [9.17, 15) is 18.4 Å². The van der Waals surface area contributed by atoms with Gasteiger partial charge in [0.25, 0.3) is 5.91 Å². The number of nitrogens with two attached hydrogens (primary N) is 1. The lowest BCUT2D eigenvalue weighted by molar-refractivity contribution is -0.111. The quantitative estimate of drug-likeness (QED) is 0.797. The Bertz CT molecular complexity index is 807. The van der Waals surface area contributed by atoms with Gasteiger partial charge < -0.3 is 11.1 Å². The largest absolute Gasteiger partial charge is 0.366 e. The Kier molecular flexibility index (Phi) is 5.23. The Balaban J connectivity index is 2.13. The maximum Gasteiger partial charge on any atom is 0.251 e. The number of rotatable bonds is 4. The lowest BCUT2D eigenvalue weighted by atomic mass is 10.1. The standard InChI is InChI=1S/C16H11BrF2N2O2/c17-10-2-4-13(18)9(7-10)1-6-15(22)21-11-3-5-14(19)12(8-11)16(20)23/h1-8H,(H2,20,23)(H,21,22). The van der Waals surface area contributed by atoms with Crippen molar-refractivity contribution in [3.63, 3.8) is 0 Å². The summed E-state index contributed by atoms with van der Waals surface area (Å²) < 4.78 is 27.5. The molecule has 0 saturated heterocycles. The predicted molar refractivity (Wildman–Crippen MR) is 86.7 cm³/mol. The van der Waals surface area contributed by atoms with Gasteiger partial charge in [0.2, 0.25) is 5.91 Å². The first-order valence-electron chi connectivity index (χ1n) is 6.40. The number of benzene rings is 2. The minimum absolute atomic E-state index is 0.199. The molecule has 7 heteroatoms. The normalized spacial score (nSPS) is 10.7. The summed E-state index contributed by atoms with van der Waals surface area (Å²) >= 11 is 3.20. The number of anilines is 1. The van der Waals surface area contributed by atoms with Gasteiger partial charge in [-0.2, -0.15) is 0 Å². The zero-order valence-electron chi connectivity index (χ0n) is 11.6. The van der Waals surface area contributed by atoms with Crippen LogP contribution in [0.15, 0.2) is 46.9 Å². The molecule has 3 N–H and O–H groups in total. The van der Waals surface area contributed by atoms with Crippen LogP contribution in [-0.2, 0) is 4.79 Å². The first-order valence-corrected chi connectivity index (χ1v) is 7.19. The van der Waals surface area contributed by atoms with Crippen molar-refractivity contribution in [3.05, 3.63) is 69.7 Å². The Morgan fingerprint density at radius 3 is 2.48 bits per heavy atom. The Morgan fingerprint density at radius 2 is 1.78 bits per heavy atom. The lowest BCUT2D eigenvalue weighted by Crippen LogP contribution is -2.14. The number of hydrogen-bond donors (Lipinski definition) is 2. The second-order valence-corrected chi connectivity index (χ2v) is 5.46. The van der Waals surface area contributed by atoms with Crippen LogP contribution in [0.1, 0.15) is 15.9 Å². The molecule has 0 aliphatic carbocycles. The van der Waals surface area contributed by atoms with E-state index in [-0.39, 0.29) is 16.8 Å². The SMILES string of the molecule is NC(=O)c1cc(NC(=O)C=Cc2cc(Br)ccc2F)ccc1F. The van der Waals surface area contributed by atoms with Crippen LogP contribution in [0.2, 0.25) is 0 Å². The van der Waals surface area contributed by atoms with E-state index in [0.29, 0.717) is 4.47 Å². The van der Waals surface area contributed by atoms with Gasteiger partial charge in [0, 0.05) is 21.8 Å². The van der Waals surface area contributed by atoms with Crippen LogP contribution in [-0.4, -0.2) is 11.8 Å². The number of carbonyl (C=O) groups excluding carboxylic acids is 2. The monoisotopic (exact) mass is 380 g/mol. The molecule has 23 heavy (non-hydrogen) atoms. The molecule has 0 spiro atoms. The summed E-state index contributed by atoms with van der Waals surface area (Å²) in [6.45, 7) is 0. The molecule has 2 amide bonds. The molecule has 0 bridgehead atoms. The molecule has 2 aromatic carbocycles. The summed E-state index contributed by atoms with van der Waals surface area (Å²) in [5, 5.41) is 2.43. The van der Waals surface area contributed by atoms with Crippen molar-refractivity contribution in [2.75, 3.05) is 5.32 Å². The van der Waals surface area contributed by atoms with Crippen molar-refractivity contribution in [1.82, 2.24) is 0 Å². The number of amides is 2. The van der Waals surface area contributed by atoms with Gasteiger partial charge in [-0.15, -0.1) is 0 Å².